The molecule has 0 radical (unpaired) electrons. The Morgan fingerprint density at radius 1 is 1.17 bits per heavy atom. The Morgan fingerprint density at radius 2 is 1.89 bits per heavy atom. The van der Waals surface area contributed by atoms with Gasteiger partial charge < -0.3 is 4.74 Å². The zero-order chi connectivity index (χ0) is 12.6. The van der Waals surface area contributed by atoms with Gasteiger partial charge in [-0.05, 0) is 30.4 Å². The van der Waals surface area contributed by atoms with E-state index in [2.05, 4.69) is 0 Å². The molecule has 1 saturated carbocycles. The van der Waals surface area contributed by atoms with Gasteiger partial charge in [0.05, 0.1) is 6.61 Å². The van der Waals surface area contributed by atoms with E-state index in [-0.39, 0.29) is 5.97 Å². The Kier molecular flexibility index (Phi) is 5.00. The van der Waals surface area contributed by atoms with Crippen LogP contribution in [0, 0.1) is 5.92 Å². The Labute approximate surface area is 109 Å². The van der Waals surface area contributed by atoms with Crippen LogP contribution in [0.4, 0.5) is 0 Å². The van der Waals surface area contributed by atoms with E-state index >= 15 is 0 Å². The fourth-order valence-corrected chi connectivity index (χ4v) is 2.33. The van der Waals surface area contributed by atoms with Gasteiger partial charge in [0, 0.05) is 6.08 Å². The molecule has 2 nitrogen and oxygen atoms in total. The SMILES string of the molecule is O=C(C=Cc1ccccc1)OCC1CCCCC1. The third-order valence-corrected chi connectivity index (χ3v) is 3.40. The minimum absolute atomic E-state index is 0.232. The van der Waals surface area contributed by atoms with Gasteiger partial charge in [-0.3, -0.25) is 0 Å². The molecular weight excluding hydrogens is 224 g/mol. The molecule has 0 N–H and O–H groups in total. The molecule has 1 aliphatic carbocycles. The zero-order valence-electron chi connectivity index (χ0n) is 10.7. The highest BCUT2D eigenvalue weighted by Gasteiger charge is 2.14. The molecular formula is C16H20O2. The summed E-state index contributed by atoms with van der Waals surface area (Å²) < 4.78 is 5.28. The van der Waals surface area contributed by atoms with Gasteiger partial charge in [0.2, 0.25) is 0 Å². The van der Waals surface area contributed by atoms with Gasteiger partial charge in [0.25, 0.3) is 0 Å². The number of carbonyl (C=O) groups excluding carboxylic acids is 1. The van der Waals surface area contributed by atoms with E-state index in [0.29, 0.717) is 12.5 Å². The van der Waals surface area contributed by atoms with E-state index in [9.17, 15) is 4.79 Å². The number of esters is 1. The molecule has 1 aliphatic rings. The van der Waals surface area contributed by atoms with Gasteiger partial charge >= 0.3 is 5.97 Å². The molecule has 1 aromatic carbocycles. The highest BCUT2D eigenvalue weighted by atomic mass is 16.5. The molecule has 0 spiro atoms. The fraction of sp³-hybridized carbons (Fsp3) is 0.438. The molecule has 0 heterocycles. The van der Waals surface area contributed by atoms with E-state index in [1.807, 2.05) is 30.3 Å². The molecule has 0 saturated heterocycles. The molecule has 1 aromatic rings. The summed E-state index contributed by atoms with van der Waals surface area (Å²) in [5, 5.41) is 0. The molecule has 96 valence electrons. The first kappa shape index (κ1) is 12.9. The van der Waals surface area contributed by atoms with E-state index < -0.39 is 0 Å². The maximum Gasteiger partial charge on any atom is 0.330 e. The van der Waals surface area contributed by atoms with E-state index in [1.54, 1.807) is 6.08 Å². The molecule has 18 heavy (non-hydrogen) atoms. The summed E-state index contributed by atoms with van der Waals surface area (Å²) in [7, 11) is 0. The van der Waals surface area contributed by atoms with Crippen LogP contribution in [0.2, 0.25) is 0 Å². The lowest BCUT2D eigenvalue weighted by atomic mass is 9.90. The molecule has 0 unspecified atom stereocenters. The molecule has 0 amide bonds. The number of hydrogen-bond acceptors (Lipinski definition) is 2. The van der Waals surface area contributed by atoms with Crippen molar-refractivity contribution < 1.29 is 9.53 Å². The highest BCUT2D eigenvalue weighted by Crippen LogP contribution is 2.23. The predicted octanol–water partition coefficient (Wildman–Crippen LogP) is 3.82. The van der Waals surface area contributed by atoms with Gasteiger partial charge in [-0.2, -0.15) is 0 Å². The average Bonchev–Trinajstić information content (AvgIpc) is 2.45. The second-order valence-electron chi connectivity index (χ2n) is 4.88. The van der Waals surface area contributed by atoms with Crippen molar-refractivity contribution in [3.8, 4) is 0 Å². The van der Waals surface area contributed by atoms with Crippen LogP contribution in [-0.4, -0.2) is 12.6 Å². The second-order valence-corrected chi connectivity index (χ2v) is 4.88. The lowest BCUT2D eigenvalue weighted by molar-refractivity contribution is -0.139. The minimum Gasteiger partial charge on any atom is -0.462 e. The summed E-state index contributed by atoms with van der Waals surface area (Å²) in [4.78, 5) is 11.5. The average molecular weight is 244 g/mol. The van der Waals surface area contributed by atoms with Crippen molar-refractivity contribution >= 4 is 12.0 Å². The normalized spacial score (nSPS) is 16.9. The molecule has 0 atom stereocenters. The first-order chi connectivity index (χ1) is 8.84. The summed E-state index contributed by atoms with van der Waals surface area (Å²) >= 11 is 0. The zero-order valence-corrected chi connectivity index (χ0v) is 10.7. The van der Waals surface area contributed by atoms with Gasteiger partial charge in [-0.15, -0.1) is 0 Å². The molecule has 1 fully saturated rings. The van der Waals surface area contributed by atoms with Crippen molar-refractivity contribution in [3.05, 3.63) is 42.0 Å². The van der Waals surface area contributed by atoms with Gasteiger partial charge in [-0.1, -0.05) is 49.6 Å². The smallest absolute Gasteiger partial charge is 0.330 e. The molecule has 2 heteroatoms. The summed E-state index contributed by atoms with van der Waals surface area (Å²) in [6.45, 7) is 0.581. The standard InChI is InChI=1S/C16H20O2/c17-16(12-11-14-7-3-1-4-8-14)18-13-15-9-5-2-6-10-15/h1,3-4,7-8,11-12,15H,2,5-6,9-10,13H2. The minimum atomic E-state index is -0.232. The third kappa shape index (κ3) is 4.36. The monoisotopic (exact) mass is 244 g/mol. The number of benzene rings is 1. The Bertz CT molecular complexity index is 389. The van der Waals surface area contributed by atoms with Crippen molar-refractivity contribution in [2.24, 2.45) is 5.92 Å². The van der Waals surface area contributed by atoms with Crippen molar-refractivity contribution in [2.75, 3.05) is 6.61 Å². The Balaban J connectivity index is 1.73. The molecule has 0 aliphatic heterocycles. The number of rotatable bonds is 4. The van der Waals surface area contributed by atoms with Gasteiger partial charge in [-0.25, -0.2) is 4.79 Å². The van der Waals surface area contributed by atoms with Crippen LogP contribution < -0.4 is 0 Å². The Morgan fingerprint density at radius 3 is 2.61 bits per heavy atom. The number of hydrogen-bond donors (Lipinski definition) is 0. The van der Waals surface area contributed by atoms with Crippen molar-refractivity contribution in [3.63, 3.8) is 0 Å². The second kappa shape index (κ2) is 7.00. The highest BCUT2D eigenvalue weighted by molar-refractivity contribution is 5.87. The van der Waals surface area contributed by atoms with Crippen molar-refractivity contribution in [2.45, 2.75) is 32.1 Å². The summed E-state index contributed by atoms with van der Waals surface area (Å²) in [6, 6.07) is 9.79. The van der Waals surface area contributed by atoms with Crippen LogP contribution in [0.15, 0.2) is 36.4 Å². The van der Waals surface area contributed by atoms with Crippen LogP contribution in [0.1, 0.15) is 37.7 Å². The fourth-order valence-electron chi connectivity index (χ4n) is 2.33. The van der Waals surface area contributed by atoms with Gasteiger partial charge in [0.1, 0.15) is 0 Å². The topological polar surface area (TPSA) is 26.3 Å². The largest absolute Gasteiger partial charge is 0.462 e. The van der Waals surface area contributed by atoms with E-state index in [1.165, 1.54) is 38.2 Å². The molecule has 0 aromatic heterocycles. The first-order valence-corrected chi connectivity index (χ1v) is 6.74. The predicted molar refractivity (Wildman–Crippen MR) is 73.0 cm³/mol. The lowest BCUT2D eigenvalue weighted by Gasteiger charge is -2.20. The lowest BCUT2D eigenvalue weighted by Crippen LogP contribution is -2.15. The summed E-state index contributed by atoms with van der Waals surface area (Å²) in [6.07, 6.45) is 9.61. The van der Waals surface area contributed by atoms with Crippen LogP contribution >= 0.6 is 0 Å². The van der Waals surface area contributed by atoms with Crippen LogP contribution in [-0.2, 0) is 9.53 Å². The Hall–Kier alpha value is -1.57. The van der Waals surface area contributed by atoms with Crippen LogP contribution in [0.5, 0.6) is 0 Å². The molecule has 2 rings (SSSR count). The van der Waals surface area contributed by atoms with Crippen LogP contribution in [0.25, 0.3) is 6.08 Å². The summed E-state index contributed by atoms with van der Waals surface area (Å²) in [5.74, 6) is 0.345. The summed E-state index contributed by atoms with van der Waals surface area (Å²) in [5.41, 5.74) is 1.02. The third-order valence-electron chi connectivity index (χ3n) is 3.40. The van der Waals surface area contributed by atoms with Crippen LogP contribution in [0.3, 0.4) is 0 Å². The van der Waals surface area contributed by atoms with Crippen molar-refractivity contribution in [1.82, 2.24) is 0 Å². The van der Waals surface area contributed by atoms with Gasteiger partial charge in [0.15, 0.2) is 0 Å². The maximum absolute atomic E-state index is 11.5. The maximum atomic E-state index is 11.5. The molecule has 0 bridgehead atoms. The van der Waals surface area contributed by atoms with E-state index in [0.717, 1.165) is 5.56 Å². The first-order valence-electron chi connectivity index (χ1n) is 6.74. The van der Waals surface area contributed by atoms with Crippen molar-refractivity contribution in [1.29, 1.82) is 0 Å². The number of ether oxygens (including phenoxy) is 1. The quantitative estimate of drug-likeness (QED) is 0.594. The number of carbonyl (C=O) groups is 1. The van der Waals surface area contributed by atoms with E-state index in [4.69, 9.17) is 4.74 Å².